The summed E-state index contributed by atoms with van der Waals surface area (Å²) in [4.78, 5) is 3.65. The summed E-state index contributed by atoms with van der Waals surface area (Å²) in [5.41, 5.74) is -0.377. The molecular weight excluding hydrogens is 347 g/mol. The molecule has 0 saturated carbocycles. The molecule has 12 heavy (non-hydrogen) atoms. The summed E-state index contributed by atoms with van der Waals surface area (Å²) in [6.07, 6.45) is -1.41. The van der Waals surface area contributed by atoms with Crippen molar-refractivity contribution in [3.05, 3.63) is 19.9 Å². The first-order valence-electron chi connectivity index (χ1n) is 2.85. The molecule has 0 aliphatic rings. The van der Waals surface area contributed by atoms with Gasteiger partial charge >= 0.3 is 0 Å². The second-order valence-electron chi connectivity index (χ2n) is 1.96. The number of aromatic nitrogens is 1. The summed E-state index contributed by atoms with van der Waals surface area (Å²) in [6, 6.07) is 0. The average molecular weight is 350 g/mol. The van der Waals surface area contributed by atoms with E-state index in [0.717, 1.165) is 0 Å². The molecule has 1 heterocycles. The number of pyridine rings is 1. The summed E-state index contributed by atoms with van der Waals surface area (Å²) >= 11 is 4.55. The normalized spacial score (nSPS) is 10.8. The lowest BCUT2D eigenvalue weighted by atomic mass is 10.2. The Bertz CT molecular complexity index is 308. The minimum atomic E-state index is -2.68. The first kappa shape index (κ1) is 10.1. The summed E-state index contributed by atoms with van der Waals surface area (Å²) < 4.78 is 24.8. The highest BCUT2D eigenvalue weighted by Gasteiger charge is 2.19. The van der Waals surface area contributed by atoms with Crippen molar-refractivity contribution < 1.29 is 13.9 Å². The number of alkyl halides is 2. The van der Waals surface area contributed by atoms with Crippen LogP contribution < -0.4 is 0 Å². The van der Waals surface area contributed by atoms with Crippen LogP contribution in [-0.4, -0.2) is 10.1 Å². The van der Waals surface area contributed by atoms with Crippen LogP contribution in [0.25, 0.3) is 0 Å². The van der Waals surface area contributed by atoms with Crippen molar-refractivity contribution >= 4 is 38.5 Å². The predicted octanol–water partition coefficient (Wildman–Crippen LogP) is 3.09. The number of hydrogen-bond donors (Lipinski definition) is 1. The lowest BCUT2D eigenvalue weighted by molar-refractivity contribution is 0.146. The van der Waals surface area contributed by atoms with Gasteiger partial charge in [-0.2, -0.15) is 0 Å². The zero-order valence-corrected chi connectivity index (χ0v) is 9.30. The molecule has 0 unspecified atom stereocenters. The molecule has 0 saturated heterocycles. The average Bonchev–Trinajstić information content (AvgIpc) is 1.97. The number of aromatic hydroxyl groups is 1. The quantitative estimate of drug-likeness (QED) is 0.624. The van der Waals surface area contributed by atoms with Crippen LogP contribution in [0.4, 0.5) is 8.78 Å². The Hall–Kier alpha value is 0.0200. The third kappa shape index (κ3) is 1.85. The van der Waals surface area contributed by atoms with E-state index in [9.17, 15) is 8.78 Å². The van der Waals surface area contributed by atoms with E-state index >= 15 is 0 Å². The zero-order valence-electron chi connectivity index (χ0n) is 5.56. The lowest BCUT2D eigenvalue weighted by Gasteiger charge is -2.05. The van der Waals surface area contributed by atoms with E-state index in [-0.39, 0.29) is 13.7 Å². The van der Waals surface area contributed by atoms with Crippen LogP contribution in [0.3, 0.4) is 0 Å². The fraction of sp³-hybridized carbons (Fsp3) is 0.167. The van der Waals surface area contributed by atoms with E-state index in [4.69, 9.17) is 5.11 Å². The molecule has 6 heteroatoms. The second kappa shape index (κ2) is 3.82. The molecular formula is C6H3BrF2INO. The van der Waals surface area contributed by atoms with Gasteiger partial charge in [-0.1, -0.05) is 0 Å². The minimum absolute atomic E-state index is 0.0400. The van der Waals surface area contributed by atoms with Crippen LogP contribution >= 0.6 is 38.5 Å². The molecule has 1 rings (SSSR count). The number of rotatable bonds is 1. The van der Waals surface area contributed by atoms with E-state index in [2.05, 4.69) is 20.9 Å². The number of hydrogen-bond acceptors (Lipinski definition) is 2. The fourth-order valence-electron chi connectivity index (χ4n) is 0.676. The first-order chi connectivity index (χ1) is 5.54. The first-order valence-corrected chi connectivity index (χ1v) is 4.72. The van der Waals surface area contributed by atoms with Gasteiger partial charge in [0.05, 0.1) is 5.56 Å². The van der Waals surface area contributed by atoms with E-state index in [0.29, 0.717) is 0 Å². The van der Waals surface area contributed by atoms with Crippen LogP contribution in [0.5, 0.6) is 5.75 Å². The van der Waals surface area contributed by atoms with Crippen molar-refractivity contribution in [2.24, 2.45) is 0 Å². The number of nitrogens with zero attached hydrogens (tertiary/aromatic N) is 1. The Morgan fingerprint density at radius 3 is 2.58 bits per heavy atom. The van der Waals surface area contributed by atoms with Gasteiger partial charge in [0.2, 0.25) is 0 Å². The molecule has 0 atom stereocenters. The maximum atomic E-state index is 12.3. The smallest absolute Gasteiger partial charge is 0.268 e. The van der Waals surface area contributed by atoms with Crippen molar-refractivity contribution in [2.75, 3.05) is 0 Å². The summed E-state index contributed by atoms with van der Waals surface area (Å²) in [7, 11) is 0. The van der Waals surface area contributed by atoms with E-state index in [1.807, 2.05) is 0 Å². The standard InChI is InChI=1S/C6H3BrF2INO/c7-5-4(12)3(6(8)9)2(10)1-11-5/h1,6,12H. The summed E-state index contributed by atoms with van der Waals surface area (Å²) in [6.45, 7) is 0. The van der Waals surface area contributed by atoms with Crippen LogP contribution in [0.15, 0.2) is 10.8 Å². The molecule has 1 aromatic heterocycles. The maximum Gasteiger partial charge on any atom is 0.268 e. The lowest BCUT2D eigenvalue weighted by Crippen LogP contribution is -1.92. The van der Waals surface area contributed by atoms with Crippen LogP contribution in [0, 0.1) is 3.57 Å². The highest BCUT2D eigenvalue weighted by Crippen LogP contribution is 2.35. The highest BCUT2D eigenvalue weighted by molar-refractivity contribution is 14.1. The fourth-order valence-corrected chi connectivity index (χ4v) is 1.62. The molecule has 0 aliphatic carbocycles. The molecule has 0 aromatic carbocycles. The molecule has 0 fully saturated rings. The second-order valence-corrected chi connectivity index (χ2v) is 3.87. The third-order valence-electron chi connectivity index (χ3n) is 1.22. The Morgan fingerprint density at radius 2 is 2.17 bits per heavy atom. The van der Waals surface area contributed by atoms with Crippen molar-refractivity contribution in [3.63, 3.8) is 0 Å². The van der Waals surface area contributed by atoms with E-state index in [1.54, 1.807) is 22.6 Å². The third-order valence-corrected chi connectivity index (χ3v) is 2.66. The SMILES string of the molecule is Oc1c(Br)ncc(I)c1C(F)F. The van der Waals surface area contributed by atoms with E-state index < -0.39 is 12.2 Å². The Labute approximate surface area is 89.3 Å². The predicted molar refractivity (Wildman–Crippen MR) is 51.3 cm³/mol. The van der Waals surface area contributed by atoms with E-state index in [1.165, 1.54) is 6.20 Å². The van der Waals surface area contributed by atoms with Gasteiger partial charge in [-0.05, 0) is 38.5 Å². The summed E-state index contributed by atoms with van der Waals surface area (Å²) in [5, 5.41) is 9.15. The minimum Gasteiger partial charge on any atom is -0.505 e. The topological polar surface area (TPSA) is 33.1 Å². The van der Waals surface area contributed by atoms with Crippen molar-refractivity contribution in [2.45, 2.75) is 6.43 Å². The molecule has 66 valence electrons. The van der Waals surface area contributed by atoms with Gasteiger partial charge in [0, 0.05) is 9.77 Å². The van der Waals surface area contributed by atoms with Gasteiger partial charge in [0.1, 0.15) is 4.60 Å². The monoisotopic (exact) mass is 349 g/mol. The zero-order chi connectivity index (χ0) is 9.30. The van der Waals surface area contributed by atoms with Crippen LogP contribution in [0.1, 0.15) is 12.0 Å². The highest BCUT2D eigenvalue weighted by atomic mass is 127. The summed E-state index contributed by atoms with van der Waals surface area (Å²) in [5.74, 6) is -0.489. The molecule has 1 aromatic rings. The van der Waals surface area contributed by atoms with Gasteiger partial charge < -0.3 is 5.11 Å². The molecule has 1 N–H and O–H groups in total. The van der Waals surface area contributed by atoms with Gasteiger partial charge in [-0.3, -0.25) is 0 Å². The van der Waals surface area contributed by atoms with Gasteiger partial charge in [-0.25, -0.2) is 13.8 Å². The largest absolute Gasteiger partial charge is 0.505 e. The van der Waals surface area contributed by atoms with Crippen molar-refractivity contribution in [3.8, 4) is 5.75 Å². The van der Waals surface area contributed by atoms with Gasteiger partial charge in [-0.15, -0.1) is 0 Å². The molecule has 0 spiro atoms. The van der Waals surface area contributed by atoms with Crippen LogP contribution in [0.2, 0.25) is 0 Å². The van der Waals surface area contributed by atoms with Gasteiger partial charge in [0.25, 0.3) is 6.43 Å². The number of halogens is 4. The molecule has 0 aliphatic heterocycles. The van der Waals surface area contributed by atoms with Crippen LogP contribution in [-0.2, 0) is 0 Å². The van der Waals surface area contributed by atoms with Gasteiger partial charge in [0.15, 0.2) is 5.75 Å². The molecule has 0 amide bonds. The Kier molecular flexibility index (Phi) is 3.22. The van der Waals surface area contributed by atoms with Crippen molar-refractivity contribution in [1.29, 1.82) is 0 Å². The molecule has 2 nitrogen and oxygen atoms in total. The molecule has 0 bridgehead atoms. The maximum absolute atomic E-state index is 12.3. The Balaban J connectivity index is 3.33. The van der Waals surface area contributed by atoms with Crippen molar-refractivity contribution in [1.82, 2.24) is 4.98 Å². The Morgan fingerprint density at radius 1 is 1.58 bits per heavy atom. The molecule has 0 radical (unpaired) electrons.